The minimum absolute atomic E-state index is 0.0362. The summed E-state index contributed by atoms with van der Waals surface area (Å²) >= 11 is 0. The van der Waals surface area contributed by atoms with Gasteiger partial charge in [-0.05, 0) is 17.2 Å². The third-order valence-corrected chi connectivity index (χ3v) is 2.84. The van der Waals surface area contributed by atoms with Gasteiger partial charge in [0.25, 0.3) is 5.69 Å². The lowest BCUT2D eigenvalue weighted by Gasteiger charge is -2.02. The molecule has 0 aromatic heterocycles. The summed E-state index contributed by atoms with van der Waals surface area (Å²) in [5, 5.41) is 13.2. The molecule has 0 unspecified atom stereocenters. The zero-order valence-corrected chi connectivity index (χ0v) is 11.2. The minimum Gasteiger partial charge on any atom is -0.348 e. The van der Waals surface area contributed by atoms with Gasteiger partial charge in [-0.2, -0.15) is 0 Å². The lowest BCUT2D eigenvalue weighted by molar-refractivity contribution is -0.384. The van der Waals surface area contributed by atoms with Crippen molar-refractivity contribution >= 4 is 17.7 Å². The van der Waals surface area contributed by atoms with E-state index in [1.807, 2.05) is 30.3 Å². The molecule has 0 spiro atoms. The molecule has 0 radical (unpaired) electrons. The number of nitro groups is 1. The molecule has 0 atom stereocenters. The van der Waals surface area contributed by atoms with Crippen molar-refractivity contribution in [1.29, 1.82) is 0 Å². The van der Waals surface area contributed by atoms with Crippen molar-refractivity contribution in [2.75, 3.05) is 0 Å². The van der Waals surface area contributed by atoms with Crippen LogP contribution in [-0.2, 0) is 11.3 Å². The molecule has 0 fully saturated rings. The van der Waals surface area contributed by atoms with Crippen LogP contribution in [-0.4, -0.2) is 10.8 Å². The molecule has 106 valence electrons. The average Bonchev–Trinajstić information content (AvgIpc) is 2.52. The molecular weight excluding hydrogens is 268 g/mol. The number of nitro benzene ring substituents is 1. The zero-order valence-electron chi connectivity index (χ0n) is 11.2. The molecule has 0 bridgehead atoms. The molecule has 2 rings (SSSR count). The average molecular weight is 282 g/mol. The number of non-ortho nitro benzene ring substituents is 1. The van der Waals surface area contributed by atoms with Crippen LogP contribution in [0.25, 0.3) is 6.08 Å². The normalized spacial score (nSPS) is 10.5. The second-order valence-electron chi connectivity index (χ2n) is 4.39. The van der Waals surface area contributed by atoms with Crippen LogP contribution in [0.2, 0.25) is 0 Å². The topological polar surface area (TPSA) is 72.2 Å². The molecule has 2 aromatic carbocycles. The molecule has 1 amide bonds. The number of amides is 1. The van der Waals surface area contributed by atoms with Crippen molar-refractivity contribution in [2.24, 2.45) is 0 Å². The van der Waals surface area contributed by atoms with E-state index in [2.05, 4.69) is 5.32 Å². The van der Waals surface area contributed by atoms with Crippen molar-refractivity contribution in [3.05, 3.63) is 81.9 Å². The standard InChI is InChI=1S/C16H14N2O3/c19-16(11-8-13-4-2-1-3-5-13)17-12-14-6-9-15(10-7-14)18(20)21/h1-11H,12H2,(H,17,19)/b11-8+. The summed E-state index contributed by atoms with van der Waals surface area (Å²) in [6, 6.07) is 15.6. The first-order chi connectivity index (χ1) is 10.1. The Hall–Kier alpha value is -2.95. The molecular formula is C16H14N2O3. The Morgan fingerprint density at radius 3 is 2.38 bits per heavy atom. The number of benzene rings is 2. The van der Waals surface area contributed by atoms with E-state index in [0.29, 0.717) is 6.54 Å². The van der Waals surface area contributed by atoms with Crippen LogP contribution in [0.3, 0.4) is 0 Å². The lowest BCUT2D eigenvalue weighted by Crippen LogP contribution is -2.20. The maximum Gasteiger partial charge on any atom is 0.269 e. The predicted molar refractivity (Wildman–Crippen MR) is 80.4 cm³/mol. The quantitative estimate of drug-likeness (QED) is 0.520. The fourth-order valence-electron chi connectivity index (χ4n) is 1.72. The highest BCUT2D eigenvalue weighted by Crippen LogP contribution is 2.11. The van der Waals surface area contributed by atoms with Crippen molar-refractivity contribution < 1.29 is 9.72 Å². The number of hydrogen-bond acceptors (Lipinski definition) is 3. The summed E-state index contributed by atoms with van der Waals surface area (Å²) in [5.41, 5.74) is 1.79. The van der Waals surface area contributed by atoms with Gasteiger partial charge in [0, 0.05) is 24.8 Å². The molecule has 5 nitrogen and oxygen atoms in total. The largest absolute Gasteiger partial charge is 0.348 e. The number of nitrogens with one attached hydrogen (secondary N) is 1. The van der Waals surface area contributed by atoms with E-state index in [9.17, 15) is 14.9 Å². The van der Waals surface area contributed by atoms with Gasteiger partial charge >= 0.3 is 0 Å². The van der Waals surface area contributed by atoms with E-state index in [1.54, 1.807) is 18.2 Å². The maximum atomic E-state index is 11.7. The van der Waals surface area contributed by atoms with Crippen LogP contribution in [0.4, 0.5) is 5.69 Å². The zero-order chi connectivity index (χ0) is 15.1. The van der Waals surface area contributed by atoms with Crippen LogP contribution in [0.1, 0.15) is 11.1 Å². The SMILES string of the molecule is O=C(/C=C/c1ccccc1)NCc1ccc([N+](=O)[O-])cc1. The van der Waals surface area contributed by atoms with E-state index in [0.717, 1.165) is 11.1 Å². The van der Waals surface area contributed by atoms with Gasteiger partial charge in [-0.15, -0.1) is 0 Å². The maximum absolute atomic E-state index is 11.7. The van der Waals surface area contributed by atoms with Gasteiger partial charge in [0.15, 0.2) is 0 Å². The molecule has 21 heavy (non-hydrogen) atoms. The van der Waals surface area contributed by atoms with Crippen LogP contribution in [0.15, 0.2) is 60.7 Å². The van der Waals surface area contributed by atoms with E-state index in [4.69, 9.17) is 0 Å². The molecule has 0 aliphatic heterocycles. The fourth-order valence-corrected chi connectivity index (χ4v) is 1.72. The summed E-state index contributed by atoms with van der Waals surface area (Å²) < 4.78 is 0. The summed E-state index contributed by atoms with van der Waals surface area (Å²) in [7, 11) is 0. The predicted octanol–water partition coefficient (Wildman–Crippen LogP) is 2.92. The number of hydrogen-bond donors (Lipinski definition) is 1. The van der Waals surface area contributed by atoms with Crippen LogP contribution >= 0.6 is 0 Å². The summed E-state index contributed by atoms with van der Waals surface area (Å²) in [5.74, 6) is -0.211. The van der Waals surface area contributed by atoms with Crippen molar-refractivity contribution in [1.82, 2.24) is 5.32 Å². The highest BCUT2D eigenvalue weighted by atomic mass is 16.6. The highest BCUT2D eigenvalue weighted by Gasteiger charge is 2.04. The Balaban J connectivity index is 1.86. The first kappa shape index (κ1) is 14.5. The second-order valence-corrected chi connectivity index (χ2v) is 4.39. The van der Waals surface area contributed by atoms with Crippen LogP contribution in [0.5, 0.6) is 0 Å². The van der Waals surface area contributed by atoms with Gasteiger partial charge < -0.3 is 5.32 Å². The second kappa shape index (κ2) is 7.00. The third-order valence-electron chi connectivity index (χ3n) is 2.84. The monoisotopic (exact) mass is 282 g/mol. The highest BCUT2D eigenvalue weighted by molar-refractivity contribution is 5.91. The molecule has 0 saturated heterocycles. The van der Waals surface area contributed by atoms with Gasteiger partial charge in [0.2, 0.25) is 5.91 Å². The van der Waals surface area contributed by atoms with Crippen LogP contribution < -0.4 is 5.32 Å². The Morgan fingerprint density at radius 2 is 1.76 bits per heavy atom. The van der Waals surface area contributed by atoms with Gasteiger partial charge in [-0.3, -0.25) is 14.9 Å². The summed E-state index contributed by atoms with van der Waals surface area (Å²) in [6.45, 7) is 0.329. The summed E-state index contributed by atoms with van der Waals surface area (Å²) in [4.78, 5) is 21.7. The molecule has 5 heteroatoms. The lowest BCUT2D eigenvalue weighted by atomic mass is 10.2. The first-order valence-electron chi connectivity index (χ1n) is 6.39. The minimum atomic E-state index is -0.453. The van der Waals surface area contributed by atoms with Crippen molar-refractivity contribution in [3.63, 3.8) is 0 Å². The fraction of sp³-hybridized carbons (Fsp3) is 0.0625. The molecule has 0 heterocycles. The van der Waals surface area contributed by atoms with E-state index < -0.39 is 4.92 Å². The number of carbonyl (C=O) groups excluding carboxylic acids is 1. The van der Waals surface area contributed by atoms with Crippen LogP contribution in [0, 0.1) is 10.1 Å². The van der Waals surface area contributed by atoms with Gasteiger partial charge in [0.1, 0.15) is 0 Å². The first-order valence-corrected chi connectivity index (χ1v) is 6.39. The number of nitrogens with zero attached hydrogens (tertiary/aromatic N) is 1. The van der Waals surface area contributed by atoms with Crippen molar-refractivity contribution in [3.8, 4) is 0 Å². The Kier molecular flexibility index (Phi) is 4.82. The van der Waals surface area contributed by atoms with Gasteiger partial charge in [-0.1, -0.05) is 42.5 Å². The molecule has 1 N–H and O–H groups in total. The molecule has 0 saturated carbocycles. The third kappa shape index (κ3) is 4.58. The van der Waals surface area contributed by atoms with E-state index in [1.165, 1.54) is 18.2 Å². The van der Waals surface area contributed by atoms with E-state index in [-0.39, 0.29) is 11.6 Å². The van der Waals surface area contributed by atoms with E-state index >= 15 is 0 Å². The number of carbonyl (C=O) groups is 1. The van der Waals surface area contributed by atoms with Gasteiger partial charge in [-0.25, -0.2) is 0 Å². The summed E-state index contributed by atoms with van der Waals surface area (Å²) in [6.07, 6.45) is 3.19. The number of rotatable bonds is 5. The molecule has 0 aliphatic carbocycles. The Bertz CT molecular complexity index is 649. The molecule has 2 aromatic rings. The Morgan fingerprint density at radius 1 is 1.10 bits per heavy atom. The smallest absolute Gasteiger partial charge is 0.269 e. The van der Waals surface area contributed by atoms with Gasteiger partial charge in [0.05, 0.1) is 4.92 Å². The van der Waals surface area contributed by atoms with Crippen molar-refractivity contribution in [2.45, 2.75) is 6.54 Å². The Labute approximate surface area is 122 Å². The molecule has 0 aliphatic rings.